The summed E-state index contributed by atoms with van der Waals surface area (Å²) in [7, 11) is 1.91. The number of nitrogens with one attached hydrogen (secondary N) is 1. The molecular formula is C21H27N5O2. The molecule has 148 valence electrons. The molecule has 1 spiro atoms. The maximum Gasteiger partial charge on any atom is 0.326 e. The first-order chi connectivity index (χ1) is 13.5. The van der Waals surface area contributed by atoms with Gasteiger partial charge in [0.1, 0.15) is 5.54 Å². The van der Waals surface area contributed by atoms with E-state index in [-0.39, 0.29) is 24.5 Å². The summed E-state index contributed by atoms with van der Waals surface area (Å²) in [6.07, 6.45) is 7.62. The fourth-order valence-corrected chi connectivity index (χ4v) is 4.39. The fraction of sp³-hybridized carbons (Fsp3) is 0.476. The lowest BCUT2D eigenvalue weighted by Crippen LogP contribution is -2.54. The normalized spacial score (nSPS) is 25.0. The van der Waals surface area contributed by atoms with Crippen molar-refractivity contribution in [3.05, 3.63) is 48.3 Å². The van der Waals surface area contributed by atoms with Crippen LogP contribution in [-0.2, 0) is 11.3 Å². The largest absolute Gasteiger partial charge is 0.326 e. The van der Waals surface area contributed by atoms with Crippen LogP contribution in [0.2, 0.25) is 0 Å². The van der Waals surface area contributed by atoms with E-state index in [9.17, 15) is 9.59 Å². The second-order valence-electron chi connectivity index (χ2n) is 8.07. The molecule has 1 aliphatic carbocycles. The lowest BCUT2D eigenvalue weighted by molar-refractivity contribution is -0.135. The van der Waals surface area contributed by atoms with E-state index in [2.05, 4.69) is 17.3 Å². The number of rotatable bonds is 5. The number of imide groups is 1. The molecule has 1 aromatic carbocycles. The van der Waals surface area contributed by atoms with Gasteiger partial charge in [-0.25, -0.2) is 14.4 Å². The van der Waals surface area contributed by atoms with E-state index in [1.165, 1.54) is 4.90 Å². The van der Waals surface area contributed by atoms with Crippen molar-refractivity contribution in [2.45, 2.75) is 44.7 Å². The van der Waals surface area contributed by atoms with Crippen molar-refractivity contribution in [3.8, 4) is 5.69 Å². The summed E-state index contributed by atoms with van der Waals surface area (Å²) in [4.78, 5) is 28.9. The first-order valence-corrected chi connectivity index (χ1v) is 9.91. The molecule has 7 nitrogen and oxygen atoms in total. The van der Waals surface area contributed by atoms with E-state index in [1.807, 2.05) is 59.4 Å². The molecule has 1 aromatic heterocycles. The number of hydrogen-bond acceptors (Lipinski definition) is 4. The van der Waals surface area contributed by atoms with Crippen molar-refractivity contribution < 1.29 is 9.59 Å². The molecular weight excluding hydrogens is 354 g/mol. The van der Waals surface area contributed by atoms with E-state index in [0.29, 0.717) is 6.54 Å². The van der Waals surface area contributed by atoms with E-state index in [1.54, 1.807) is 0 Å². The number of nitrogens with zero attached hydrogens (tertiary/aromatic N) is 4. The van der Waals surface area contributed by atoms with Crippen molar-refractivity contribution in [3.63, 3.8) is 0 Å². The number of hydrogen-bond donors (Lipinski definition) is 1. The third kappa shape index (κ3) is 3.30. The first kappa shape index (κ1) is 18.7. The van der Waals surface area contributed by atoms with E-state index >= 15 is 0 Å². The first-order valence-electron chi connectivity index (χ1n) is 9.91. The van der Waals surface area contributed by atoms with Gasteiger partial charge >= 0.3 is 6.03 Å². The van der Waals surface area contributed by atoms with Gasteiger partial charge in [-0.3, -0.25) is 9.69 Å². The highest BCUT2D eigenvalue weighted by Crippen LogP contribution is 2.38. The Balaban J connectivity index is 1.41. The van der Waals surface area contributed by atoms with Crippen LogP contribution in [0.4, 0.5) is 4.79 Å². The third-order valence-corrected chi connectivity index (χ3v) is 5.99. The quantitative estimate of drug-likeness (QED) is 0.809. The molecule has 7 heteroatoms. The summed E-state index contributed by atoms with van der Waals surface area (Å²) in [5.74, 6) is 0.105. The molecule has 4 rings (SSSR count). The van der Waals surface area contributed by atoms with Gasteiger partial charge in [-0.15, -0.1) is 0 Å². The van der Waals surface area contributed by atoms with Gasteiger partial charge in [-0.2, -0.15) is 5.10 Å². The highest BCUT2D eigenvalue weighted by Gasteiger charge is 2.54. The summed E-state index contributed by atoms with van der Waals surface area (Å²) in [5, 5.41) is 7.42. The van der Waals surface area contributed by atoms with Gasteiger partial charge in [0.25, 0.3) is 5.91 Å². The zero-order chi connectivity index (χ0) is 19.7. The summed E-state index contributed by atoms with van der Waals surface area (Å²) < 4.78 is 1.83. The fourth-order valence-electron chi connectivity index (χ4n) is 4.39. The van der Waals surface area contributed by atoms with Gasteiger partial charge in [0.05, 0.1) is 18.6 Å². The lowest BCUT2D eigenvalue weighted by atomic mass is 9.73. The molecule has 0 radical (unpaired) electrons. The molecule has 28 heavy (non-hydrogen) atoms. The number of benzene rings is 1. The van der Waals surface area contributed by atoms with Crippen molar-refractivity contribution in [1.82, 2.24) is 24.9 Å². The Kier molecular flexibility index (Phi) is 4.93. The molecule has 1 saturated heterocycles. The number of urea groups is 1. The second kappa shape index (κ2) is 7.39. The lowest BCUT2D eigenvalue weighted by Gasteiger charge is -2.37. The molecule has 2 aliphatic rings. The van der Waals surface area contributed by atoms with Crippen molar-refractivity contribution in [2.24, 2.45) is 5.92 Å². The van der Waals surface area contributed by atoms with Crippen LogP contribution < -0.4 is 5.32 Å². The predicted molar refractivity (Wildman–Crippen MR) is 106 cm³/mol. The number of carbonyl (C=O) groups excluding carboxylic acids is 2. The van der Waals surface area contributed by atoms with Crippen LogP contribution in [0.1, 0.15) is 38.2 Å². The molecule has 3 amide bonds. The molecule has 2 fully saturated rings. The third-order valence-electron chi connectivity index (χ3n) is 5.99. The van der Waals surface area contributed by atoms with Crippen LogP contribution >= 0.6 is 0 Å². The molecule has 0 unspecified atom stereocenters. The number of aromatic nitrogens is 2. The van der Waals surface area contributed by atoms with Crippen LogP contribution in [0.3, 0.4) is 0 Å². The highest BCUT2D eigenvalue weighted by atomic mass is 16.2. The molecule has 1 N–H and O–H groups in total. The van der Waals surface area contributed by atoms with Crippen molar-refractivity contribution >= 4 is 11.9 Å². The topological polar surface area (TPSA) is 70.5 Å². The zero-order valence-electron chi connectivity index (χ0n) is 16.5. The van der Waals surface area contributed by atoms with E-state index in [4.69, 9.17) is 0 Å². The van der Waals surface area contributed by atoms with Crippen LogP contribution in [0.5, 0.6) is 0 Å². The summed E-state index contributed by atoms with van der Waals surface area (Å²) >= 11 is 0. The maximum absolute atomic E-state index is 13.1. The minimum atomic E-state index is -0.700. The average molecular weight is 381 g/mol. The van der Waals surface area contributed by atoms with E-state index in [0.717, 1.165) is 36.9 Å². The van der Waals surface area contributed by atoms with Crippen LogP contribution in [0.15, 0.2) is 42.7 Å². The summed E-state index contributed by atoms with van der Waals surface area (Å²) in [6, 6.07) is 9.65. The van der Waals surface area contributed by atoms with Crippen molar-refractivity contribution in [2.75, 3.05) is 13.7 Å². The Hall–Kier alpha value is -2.67. The molecule has 2 atom stereocenters. The van der Waals surface area contributed by atoms with Gasteiger partial charge in [0, 0.05) is 18.3 Å². The molecule has 0 bridgehead atoms. The van der Waals surface area contributed by atoms with Gasteiger partial charge in [0.15, 0.2) is 0 Å². The van der Waals surface area contributed by atoms with Crippen LogP contribution in [0.25, 0.3) is 5.69 Å². The Bertz CT molecular complexity index is 865. The Morgan fingerprint density at radius 3 is 2.79 bits per heavy atom. The minimum Gasteiger partial charge on any atom is -0.323 e. The van der Waals surface area contributed by atoms with Gasteiger partial charge in [-0.05, 0) is 37.9 Å². The number of amides is 3. The zero-order valence-corrected chi connectivity index (χ0v) is 16.5. The van der Waals surface area contributed by atoms with E-state index < -0.39 is 5.54 Å². The van der Waals surface area contributed by atoms with Gasteiger partial charge in [0.2, 0.25) is 0 Å². The smallest absolute Gasteiger partial charge is 0.323 e. The van der Waals surface area contributed by atoms with Gasteiger partial charge in [-0.1, -0.05) is 38.0 Å². The highest BCUT2D eigenvalue weighted by molar-refractivity contribution is 6.07. The molecule has 1 saturated carbocycles. The Labute approximate surface area is 165 Å². The number of para-hydroxylation sites is 1. The molecule has 2 heterocycles. The molecule has 1 aliphatic heterocycles. The van der Waals surface area contributed by atoms with Crippen molar-refractivity contribution in [1.29, 1.82) is 0 Å². The predicted octanol–water partition coefficient (Wildman–Crippen LogP) is 2.76. The summed E-state index contributed by atoms with van der Waals surface area (Å²) in [5.41, 5.74) is 1.33. The standard InChI is InChI=1S/C21H27N5O2/c1-16-8-6-7-11-21(16)19(27)25(20(28)23-21)15-24(2)13-17-12-22-26(14-17)18-9-4-3-5-10-18/h3-5,9-10,12,14,16H,6-8,11,13,15H2,1-2H3,(H,23,28)/t16-,21-/m0/s1. The van der Waals surface area contributed by atoms with Gasteiger partial charge < -0.3 is 5.32 Å². The molecule has 2 aromatic rings. The SMILES string of the molecule is C[C@H]1CCCC[C@]12NC(=O)N(CN(C)Cc1cnn(-c3ccccc3)c1)C2=O. The van der Waals surface area contributed by atoms with Crippen LogP contribution in [-0.4, -0.2) is 50.8 Å². The Morgan fingerprint density at radius 1 is 1.25 bits per heavy atom. The Morgan fingerprint density at radius 2 is 2.04 bits per heavy atom. The van der Waals surface area contributed by atoms with Crippen LogP contribution in [0, 0.1) is 5.92 Å². The second-order valence-corrected chi connectivity index (χ2v) is 8.07. The summed E-state index contributed by atoms with van der Waals surface area (Å²) in [6.45, 7) is 2.95. The monoisotopic (exact) mass is 381 g/mol. The average Bonchev–Trinajstić information content (AvgIpc) is 3.24. The maximum atomic E-state index is 13.1. The minimum absolute atomic E-state index is 0.0727. The number of carbonyl (C=O) groups is 2.